The Kier molecular flexibility index (Phi) is 5.36. The lowest BCUT2D eigenvalue weighted by Gasteiger charge is -2.20. The molecule has 3 rings (SSSR count). The van der Waals surface area contributed by atoms with Crippen molar-refractivity contribution in [1.82, 2.24) is 15.1 Å². The molecule has 6 nitrogen and oxygen atoms in total. The molecule has 0 spiro atoms. The Morgan fingerprint density at radius 3 is 2.88 bits per heavy atom. The predicted molar refractivity (Wildman–Crippen MR) is 93.4 cm³/mol. The van der Waals surface area contributed by atoms with Crippen molar-refractivity contribution in [2.24, 2.45) is 0 Å². The largest absolute Gasteiger partial charge is 0.497 e. The van der Waals surface area contributed by atoms with Crippen LogP contribution in [0, 0.1) is 0 Å². The van der Waals surface area contributed by atoms with Crippen molar-refractivity contribution in [1.29, 1.82) is 0 Å². The first-order valence-electron chi connectivity index (χ1n) is 8.82. The van der Waals surface area contributed by atoms with Crippen LogP contribution < -0.4 is 4.74 Å². The van der Waals surface area contributed by atoms with Gasteiger partial charge in [-0.2, -0.15) is 0 Å². The molecule has 0 saturated heterocycles. The minimum absolute atomic E-state index is 0.132. The summed E-state index contributed by atoms with van der Waals surface area (Å²) in [6.07, 6.45) is 2.82. The fourth-order valence-corrected chi connectivity index (χ4v) is 3.05. The van der Waals surface area contributed by atoms with Crippen LogP contribution >= 0.6 is 0 Å². The number of amides is 1. The molecule has 0 atom stereocenters. The SMILES string of the molecule is COc1ccc2c(c1)CCCN(C(=O)CCc1nnc(C(C)C)o1)C2. The molecule has 2 heterocycles. The number of aryl methyl sites for hydroxylation is 2. The van der Waals surface area contributed by atoms with Gasteiger partial charge in [0.2, 0.25) is 17.7 Å². The Bertz CT molecular complexity index is 739. The summed E-state index contributed by atoms with van der Waals surface area (Å²) in [7, 11) is 1.68. The highest BCUT2D eigenvalue weighted by Crippen LogP contribution is 2.24. The molecular weight excluding hydrogens is 318 g/mol. The van der Waals surface area contributed by atoms with Crippen LogP contribution in [0.4, 0.5) is 0 Å². The van der Waals surface area contributed by atoms with Crippen LogP contribution in [0.15, 0.2) is 22.6 Å². The average molecular weight is 343 g/mol. The quantitative estimate of drug-likeness (QED) is 0.834. The molecule has 0 fully saturated rings. The number of methoxy groups -OCH3 is 1. The summed E-state index contributed by atoms with van der Waals surface area (Å²) in [6, 6.07) is 6.10. The van der Waals surface area contributed by atoms with Crippen LogP contribution in [0.5, 0.6) is 5.75 Å². The highest BCUT2D eigenvalue weighted by Gasteiger charge is 2.20. The number of ether oxygens (including phenoxy) is 1. The summed E-state index contributed by atoms with van der Waals surface area (Å²) < 4.78 is 10.9. The Hall–Kier alpha value is -2.37. The monoisotopic (exact) mass is 343 g/mol. The van der Waals surface area contributed by atoms with Crippen molar-refractivity contribution < 1.29 is 13.9 Å². The lowest BCUT2D eigenvalue weighted by Crippen LogP contribution is -2.30. The molecule has 0 N–H and O–H groups in total. The molecule has 1 aliphatic rings. The maximum absolute atomic E-state index is 12.6. The van der Waals surface area contributed by atoms with Gasteiger partial charge in [-0.05, 0) is 36.1 Å². The molecule has 2 aromatic rings. The molecule has 1 aromatic carbocycles. The number of carbonyl (C=O) groups excluding carboxylic acids is 1. The summed E-state index contributed by atoms with van der Waals surface area (Å²) in [5.74, 6) is 2.37. The predicted octanol–water partition coefficient (Wildman–Crippen LogP) is 3.11. The maximum atomic E-state index is 12.6. The van der Waals surface area contributed by atoms with E-state index in [4.69, 9.17) is 9.15 Å². The topological polar surface area (TPSA) is 68.5 Å². The minimum Gasteiger partial charge on any atom is -0.497 e. The number of carbonyl (C=O) groups is 1. The van der Waals surface area contributed by atoms with E-state index in [0.29, 0.717) is 31.2 Å². The van der Waals surface area contributed by atoms with Crippen LogP contribution in [0.3, 0.4) is 0 Å². The van der Waals surface area contributed by atoms with Crippen molar-refractivity contribution >= 4 is 5.91 Å². The van der Waals surface area contributed by atoms with Crippen molar-refractivity contribution in [3.05, 3.63) is 41.1 Å². The fourth-order valence-electron chi connectivity index (χ4n) is 3.05. The van der Waals surface area contributed by atoms with E-state index in [2.05, 4.69) is 22.3 Å². The smallest absolute Gasteiger partial charge is 0.223 e. The molecule has 0 bridgehead atoms. The van der Waals surface area contributed by atoms with Gasteiger partial charge in [0.1, 0.15) is 5.75 Å². The van der Waals surface area contributed by atoms with Crippen molar-refractivity contribution in [3.8, 4) is 5.75 Å². The van der Waals surface area contributed by atoms with Gasteiger partial charge >= 0.3 is 0 Å². The van der Waals surface area contributed by atoms with E-state index in [1.165, 1.54) is 11.1 Å². The summed E-state index contributed by atoms with van der Waals surface area (Å²) >= 11 is 0. The van der Waals surface area contributed by atoms with Gasteiger partial charge in [0.05, 0.1) is 7.11 Å². The number of benzene rings is 1. The molecule has 1 aromatic heterocycles. The number of aromatic nitrogens is 2. The van der Waals surface area contributed by atoms with E-state index >= 15 is 0 Å². The Balaban J connectivity index is 1.61. The first-order chi connectivity index (χ1) is 12.1. The lowest BCUT2D eigenvalue weighted by molar-refractivity contribution is -0.131. The van der Waals surface area contributed by atoms with E-state index in [-0.39, 0.29) is 11.8 Å². The normalized spacial score (nSPS) is 14.3. The van der Waals surface area contributed by atoms with Gasteiger partial charge in [-0.15, -0.1) is 10.2 Å². The Morgan fingerprint density at radius 2 is 2.16 bits per heavy atom. The molecule has 0 unspecified atom stereocenters. The third kappa shape index (κ3) is 4.18. The first-order valence-corrected chi connectivity index (χ1v) is 8.82. The molecular formula is C19H25N3O3. The Morgan fingerprint density at radius 1 is 1.32 bits per heavy atom. The number of fused-ring (bicyclic) bond motifs is 1. The molecule has 0 radical (unpaired) electrons. The number of rotatable bonds is 5. The number of hydrogen-bond donors (Lipinski definition) is 0. The second-order valence-corrected chi connectivity index (χ2v) is 6.74. The second-order valence-electron chi connectivity index (χ2n) is 6.74. The molecule has 6 heteroatoms. The van der Waals surface area contributed by atoms with Crippen molar-refractivity contribution in [2.45, 2.75) is 52.0 Å². The average Bonchev–Trinajstić information content (AvgIpc) is 2.99. The zero-order valence-corrected chi connectivity index (χ0v) is 15.1. The van der Waals surface area contributed by atoms with Crippen molar-refractivity contribution in [2.75, 3.05) is 13.7 Å². The summed E-state index contributed by atoms with van der Waals surface area (Å²) in [5.41, 5.74) is 2.47. The molecule has 1 aliphatic heterocycles. The van der Waals surface area contributed by atoms with Gasteiger partial charge in [-0.25, -0.2) is 0 Å². The van der Waals surface area contributed by atoms with Gasteiger partial charge in [0, 0.05) is 31.8 Å². The fraction of sp³-hybridized carbons (Fsp3) is 0.526. The van der Waals surface area contributed by atoms with Gasteiger partial charge in [-0.1, -0.05) is 19.9 Å². The van der Waals surface area contributed by atoms with E-state index in [9.17, 15) is 4.79 Å². The van der Waals surface area contributed by atoms with Gasteiger partial charge < -0.3 is 14.1 Å². The molecule has 134 valence electrons. The van der Waals surface area contributed by atoms with E-state index < -0.39 is 0 Å². The summed E-state index contributed by atoms with van der Waals surface area (Å²) in [6.45, 7) is 5.44. The van der Waals surface area contributed by atoms with Crippen LogP contribution in [0.2, 0.25) is 0 Å². The number of hydrogen-bond acceptors (Lipinski definition) is 5. The van der Waals surface area contributed by atoms with Gasteiger partial charge in [-0.3, -0.25) is 4.79 Å². The standard InChI is InChI=1S/C19H25N3O3/c1-13(2)19-21-20-17(25-19)8-9-18(23)22-10-4-5-14-11-16(24-3)7-6-15(14)12-22/h6-7,11,13H,4-5,8-10,12H2,1-3H3. The van der Waals surface area contributed by atoms with Crippen molar-refractivity contribution in [3.63, 3.8) is 0 Å². The van der Waals surface area contributed by atoms with Gasteiger partial charge in [0.15, 0.2) is 0 Å². The van der Waals surface area contributed by atoms with Gasteiger partial charge in [0.25, 0.3) is 0 Å². The van der Waals surface area contributed by atoms with E-state index in [1.807, 2.05) is 24.8 Å². The summed E-state index contributed by atoms with van der Waals surface area (Å²) in [5, 5.41) is 8.04. The third-order valence-corrected chi connectivity index (χ3v) is 4.53. The van der Waals surface area contributed by atoms with Crippen LogP contribution in [-0.2, 0) is 24.2 Å². The van der Waals surface area contributed by atoms with E-state index in [0.717, 1.165) is 25.1 Å². The van der Waals surface area contributed by atoms with Crippen LogP contribution in [0.1, 0.15) is 55.5 Å². The molecule has 0 aliphatic carbocycles. The third-order valence-electron chi connectivity index (χ3n) is 4.53. The summed E-state index contributed by atoms with van der Waals surface area (Å²) in [4.78, 5) is 14.5. The maximum Gasteiger partial charge on any atom is 0.223 e. The Labute approximate surface area is 148 Å². The number of nitrogens with zero attached hydrogens (tertiary/aromatic N) is 3. The molecule has 25 heavy (non-hydrogen) atoms. The molecule has 0 saturated carbocycles. The zero-order valence-electron chi connectivity index (χ0n) is 15.1. The minimum atomic E-state index is 0.132. The van der Waals surface area contributed by atoms with Crippen LogP contribution in [0.25, 0.3) is 0 Å². The first kappa shape index (κ1) is 17.5. The highest BCUT2D eigenvalue weighted by atomic mass is 16.5. The second kappa shape index (κ2) is 7.68. The highest BCUT2D eigenvalue weighted by molar-refractivity contribution is 5.76. The zero-order chi connectivity index (χ0) is 17.8. The lowest BCUT2D eigenvalue weighted by atomic mass is 10.0. The van der Waals surface area contributed by atoms with E-state index in [1.54, 1.807) is 7.11 Å². The molecule has 1 amide bonds. The van der Waals surface area contributed by atoms with Crippen LogP contribution in [-0.4, -0.2) is 34.7 Å².